The van der Waals surface area contributed by atoms with Gasteiger partial charge in [0.05, 0.1) is 20.9 Å². The molecule has 0 bridgehead atoms. The molecule has 3 aromatic carbocycles. The molecule has 1 aromatic heterocycles. The zero-order chi connectivity index (χ0) is 20.8. The fourth-order valence-corrected chi connectivity index (χ4v) is 4.10. The highest BCUT2D eigenvalue weighted by Crippen LogP contribution is 2.37. The summed E-state index contributed by atoms with van der Waals surface area (Å²) in [6, 6.07) is 17.4. The number of sulfonamides is 1. The fourth-order valence-electron chi connectivity index (χ4n) is 3.08. The van der Waals surface area contributed by atoms with Crippen molar-refractivity contribution >= 4 is 44.2 Å². The Labute approximate surface area is 176 Å². The van der Waals surface area contributed by atoms with Crippen molar-refractivity contribution in [3.8, 4) is 22.5 Å². The van der Waals surface area contributed by atoms with E-state index in [-0.39, 0.29) is 21.6 Å². The van der Waals surface area contributed by atoms with E-state index in [1.54, 1.807) is 42.5 Å². The van der Waals surface area contributed by atoms with Crippen molar-refractivity contribution in [2.75, 3.05) is 0 Å². The molecule has 0 atom stereocenters. The SMILES string of the molecule is NS(=O)(=O)c1ccc(-c2oc3ccccc3c(=O)c2-c2ccc(Cl)cc2Cl)cc1. The number of fused-ring (bicyclic) bond motifs is 1. The number of rotatable bonds is 3. The van der Waals surface area contributed by atoms with Crippen LogP contribution in [-0.2, 0) is 10.0 Å². The van der Waals surface area contributed by atoms with Gasteiger partial charge in [-0.1, -0.05) is 41.4 Å². The first-order valence-electron chi connectivity index (χ1n) is 8.40. The van der Waals surface area contributed by atoms with Gasteiger partial charge in [0, 0.05) is 16.1 Å². The maximum absolute atomic E-state index is 13.3. The third-order valence-corrected chi connectivity index (χ3v) is 5.92. The maximum Gasteiger partial charge on any atom is 0.238 e. The van der Waals surface area contributed by atoms with Crippen molar-refractivity contribution in [2.45, 2.75) is 4.90 Å². The van der Waals surface area contributed by atoms with Crippen molar-refractivity contribution < 1.29 is 12.8 Å². The summed E-state index contributed by atoms with van der Waals surface area (Å²) in [7, 11) is -3.85. The predicted octanol–water partition coefficient (Wildman–Crippen LogP) is 5.08. The average Bonchev–Trinajstić information content (AvgIpc) is 2.68. The van der Waals surface area contributed by atoms with Gasteiger partial charge in [0.25, 0.3) is 0 Å². The Morgan fingerprint density at radius 1 is 0.897 bits per heavy atom. The molecule has 4 rings (SSSR count). The van der Waals surface area contributed by atoms with Crippen LogP contribution >= 0.6 is 23.2 Å². The van der Waals surface area contributed by atoms with E-state index < -0.39 is 10.0 Å². The van der Waals surface area contributed by atoms with Crippen LogP contribution in [0.25, 0.3) is 33.4 Å². The Morgan fingerprint density at radius 3 is 2.24 bits per heavy atom. The molecule has 0 radical (unpaired) electrons. The Balaban J connectivity index is 2.06. The second-order valence-corrected chi connectivity index (χ2v) is 8.73. The highest BCUT2D eigenvalue weighted by atomic mass is 35.5. The fraction of sp³-hybridized carbons (Fsp3) is 0. The lowest BCUT2D eigenvalue weighted by molar-refractivity contribution is 0.597. The molecule has 4 aromatic rings. The van der Waals surface area contributed by atoms with Crippen molar-refractivity contribution in [3.63, 3.8) is 0 Å². The molecule has 146 valence electrons. The number of nitrogens with two attached hydrogens (primary N) is 1. The Kier molecular flexibility index (Phi) is 4.96. The first kappa shape index (κ1) is 19.7. The molecular weight excluding hydrogens is 433 g/mol. The Hall–Kier alpha value is -2.64. The van der Waals surface area contributed by atoms with Gasteiger partial charge < -0.3 is 4.42 Å². The number of halogens is 2. The maximum atomic E-state index is 13.3. The summed E-state index contributed by atoms with van der Waals surface area (Å²) in [5, 5.41) is 6.30. The van der Waals surface area contributed by atoms with Crippen LogP contribution in [0, 0.1) is 0 Å². The number of benzene rings is 3. The normalized spacial score (nSPS) is 11.7. The predicted molar refractivity (Wildman–Crippen MR) is 115 cm³/mol. The van der Waals surface area contributed by atoms with Gasteiger partial charge in [-0.2, -0.15) is 0 Å². The molecule has 0 saturated carbocycles. The monoisotopic (exact) mass is 445 g/mol. The molecule has 1 heterocycles. The molecule has 0 aliphatic rings. The minimum absolute atomic E-state index is 0.0459. The minimum atomic E-state index is -3.85. The van der Waals surface area contributed by atoms with Crippen LogP contribution in [0.15, 0.2) is 80.8 Å². The first-order valence-corrected chi connectivity index (χ1v) is 10.7. The van der Waals surface area contributed by atoms with Gasteiger partial charge in [-0.15, -0.1) is 0 Å². The van der Waals surface area contributed by atoms with E-state index in [4.69, 9.17) is 32.8 Å². The molecule has 0 spiro atoms. The zero-order valence-corrected chi connectivity index (χ0v) is 17.1. The topological polar surface area (TPSA) is 90.4 Å². The highest BCUT2D eigenvalue weighted by Gasteiger charge is 2.20. The third-order valence-electron chi connectivity index (χ3n) is 4.44. The lowest BCUT2D eigenvalue weighted by atomic mass is 9.98. The summed E-state index contributed by atoms with van der Waals surface area (Å²) in [5.74, 6) is 0.263. The molecule has 5 nitrogen and oxygen atoms in total. The molecule has 0 fully saturated rings. The molecular formula is C21H13Cl2NO4S. The van der Waals surface area contributed by atoms with Crippen LogP contribution < -0.4 is 10.6 Å². The highest BCUT2D eigenvalue weighted by molar-refractivity contribution is 7.89. The molecule has 0 unspecified atom stereocenters. The standard InChI is InChI=1S/C21H13Cl2NO4S/c22-13-7-10-15(17(23)11-13)19-20(25)16-3-1-2-4-18(16)28-21(19)12-5-8-14(9-6-12)29(24,26)27/h1-11H,(H2,24,26,27). The van der Waals surface area contributed by atoms with E-state index in [0.29, 0.717) is 32.1 Å². The smallest absolute Gasteiger partial charge is 0.238 e. The van der Waals surface area contributed by atoms with E-state index in [1.807, 2.05) is 0 Å². The second-order valence-electron chi connectivity index (χ2n) is 6.33. The van der Waals surface area contributed by atoms with E-state index in [0.717, 1.165) is 0 Å². The lowest BCUT2D eigenvalue weighted by Crippen LogP contribution is -2.12. The van der Waals surface area contributed by atoms with Gasteiger partial charge >= 0.3 is 0 Å². The van der Waals surface area contributed by atoms with E-state index in [1.165, 1.54) is 24.3 Å². The molecule has 29 heavy (non-hydrogen) atoms. The molecule has 0 saturated heterocycles. The molecule has 8 heteroatoms. The van der Waals surface area contributed by atoms with Gasteiger partial charge in [0.15, 0.2) is 0 Å². The van der Waals surface area contributed by atoms with E-state index in [2.05, 4.69) is 0 Å². The zero-order valence-electron chi connectivity index (χ0n) is 14.7. The number of para-hydroxylation sites is 1. The van der Waals surface area contributed by atoms with Crippen LogP contribution in [0.2, 0.25) is 10.0 Å². The molecule has 0 aliphatic heterocycles. The molecule has 0 aliphatic carbocycles. The number of primary sulfonamides is 1. The minimum Gasteiger partial charge on any atom is -0.455 e. The summed E-state index contributed by atoms with van der Waals surface area (Å²) < 4.78 is 29.2. The summed E-state index contributed by atoms with van der Waals surface area (Å²) in [6.45, 7) is 0. The Morgan fingerprint density at radius 2 is 1.59 bits per heavy atom. The van der Waals surface area contributed by atoms with E-state index >= 15 is 0 Å². The Bertz CT molecular complexity index is 1410. The van der Waals surface area contributed by atoms with Crippen molar-refractivity contribution in [2.24, 2.45) is 5.14 Å². The van der Waals surface area contributed by atoms with Crippen molar-refractivity contribution in [1.82, 2.24) is 0 Å². The van der Waals surface area contributed by atoms with Gasteiger partial charge in [0.1, 0.15) is 11.3 Å². The van der Waals surface area contributed by atoms with Crippen LogP contribution in [0.1, 0.15) is 0 Å². The van der Waals surface area contributed by atoms with Gasteiger partial charge in [-0.05, 0) is 48.5 Å². The molecule has 2 N–H and O–H groups in total. The van der Waals surface area contributed by atoms with Crippen LogP contribution in [0.5, 0.6) is 0 Å². The van der Waals surface area contributed by atoms with Crippen LogP contribution in [0.3, 0.4) is 0 Å². The van der Waals surface area contributed by atoms with Gasteiger partial charge in [0.2, 0.25) is 15.5 Å². The average molecular weight is 446 g/mol. The number of hydrogen-bond donors (Lipinski definition) is 1. The first-order chi connectivity index (χ1) is 13.8. The summed E-state index contributed by atoms with van der Waals surface area (Å²) in [4.78, 5) is 13.3. The van der Waals surface area contributed by atoms with Crippen LogP contribution in [-0.4, -0.2) is 8.42 Å². The van der Waals surface area contributed by atoms with Crippen LogP contribution in [0.4, 0.5) is 0 Å². The largest absolute Gasteiger partial charge is 0.455 e. The van der Waals surface area contributed by atoms with Gasteiger partial charge in [-0.25, -0.2) is 13.6 Å². The number of hydrogen-bond acceptors (Lipinski definition) is 4. The lowest BCUT2D eigenvalue weighted by Gasteiger charge is -2.12. The van der Waals surface area contributed by atoms with Crippen molar-refractivity contribution in [1.29, 1.82) is 0 Å². The summed E-state index contributed by atoms with van der Waals surface area (Å²) in [6.07, 6.45) is 0. The summed E-state index contributed by atoms with van der Waals surface area (Å²) in [5.41, 5.74) is 1.36. The second kappa shape index (κ2) is 7.31. The van der Waals surface area contributed by atoms with E-state index in [9.17, 15) is 13.2 Å². The summed E-state index contributed by atoms with van der Waals surface area (Å²) >= 11 is 12.4. The molecule has 0 amide bonds. The third kappa shape index (κ3) is 3.68. The quantitative estimate of drug-likeness (QED) is 0.475. The van der Waals surface area contributed by atoms with Gasteiger partial charge in [-0.3, -0.25) is 4.79 Å². The van der Waals surface area contributed by atoms with Crippen molar-refractivity contribution in [3.05, 3.63) is 87.0 Å².